The van der Waals surface area contributed by atoms with E-state index < -0.39 is 12.0 Å². The van der Waals surface area contributed by atoms with Crippen LogP contribution in [0.1, 0.15) is 29.7 Å². The maximum absolute atomic E-state index is 13.4. The van der Waals surface area contributed by atoms with E-state index in [-0.39, 0.29) is 5.56 Å². The first-order chi connectivity index (χ1) is 14.4. The van der Waals surface area contributed by atoms with Crippen molar-refractivity contribution in [1.29, 1.82) is 0 Å². The minimum atomic E-state index is -0.595. The lowest BCUT2D eigenvalue weighted by Crippen LogP contribution is -2.40. The van der Waals surface area contributed by atoms with Crippen LogP contribution in [0.4, 0.5) is 0 Å². The predicted octanol–water partition coefficient (Wildman–Crippen LogP) is 3.37. The van der Waals surface area contributed by atoms with Gasteiger partial charge >= 0.3 is 5.97 Å². The number of hydrogen-bond acceptors (Lipinski definition) is 5. The number of hydrogen-bond donors (Lipinski definition) is 0. The maximum atomic E-state index is 13.4. The molecule has 1 unspecified atom stereocenters. The molecule has 0 bridgehead atoms. The van der Waals surface area contributed by atoms with Gasteiger partial charge in [-0.3, -0.25) is 9.36 Å². The van der Waals surface area contributed by atoms with Crippen molar-refractivity contribution in [3.05, 3.63) is 101 Å². The number of methoxy groups -OCH3 is 1. The first-order valence-corrected chi connectivity index (χ1v) is 10.5. The van der Waals surface area contributed by atoms with Crippen LogP contribution in [0.3, 0.4) is 0 Å². The molecule has 2 heterocycles. The minimum Gasteiger partial charge on any atom is -0.466 e. The van der Waals surface area contributed by atoms with Crippen molar-refractivity contribution in [3.8, 4) is 0 Å². The van der Waals surface area contributed by atoms with E-state index in [2.05, 4.69) is 4.99 Å². The van der Waals surface area contributed by atoms with E-state index >= 15 is 0 Å². The van der Waals surface area contributed by atoms with Gasteiger partial charge in [0.15, 0.2) is 4.80 Å². The van der Waals surface area contributed by atoms with Crippen molar-refractivity contribution in [1.82, 2.24) is 4.57 Å². The first-order valence-electron chi connectivity index (χ1n) is 9.32. The summed E-state index contributed by atoms with van der Waals surface area (Å²) in [5.74, 6) is -0.489. The number of rotatable bonds is 3. The van der Waals surface area contributed by atoms with Crippen LogP contribution in [-0.2, 0) is 9.53 Å². The summed E-state index contributed by atoms with van der Waals surface area (Å²) in [5, 5.41) is 0.631. The highest BCUT2D eigenvalue weighted by molar-refractivity contribution is 7.07. The summed E-state index contributed by atoms with van der Waals surface area (Å²) in [7, 11) is 1.34. The summed E-state index contributed by atoms with van der Waals surface area (Å²) in [4.78, 5) is 31.2. The molecule has 2 aromatic carbocycles. The van der Waals surface area contributed by atoms with Crippen molar-refractivity contribution >= 4 is 35.0 Å². The number of aryl methyl sites for hydroxylation is 1. The number of nitrogens with zero attached hydrogens (tertiary/aromatic N) is 2. The van der Waals surface area contributed by atoms with Gasteiger partial charge in [0.25, 0.3) is 5.56 Å². The molecule has 0 spiro atoms. The number of benzene rings is 2. The molecule has 0 saturated carbocycles. The highest BCUT2D eigenvalue weighted by Crippen LogP contribution is 2.32. The van der Waals surface area contributed by atoms with Crippen LogP contribution in [0.2, 0.25) is 5.02 Å². The number of ether oxygens (including phenoxy) is 1. The van der Waals surface area contributed by atoms with E-state index in [9.17, 15) is 9.59 Å². The molecule has 0 fully saturated rings. The van der Waals surface area contributed by atoms with E-state index in [0.717, 1.165) is 16.7 Å². The molecule has 30 heavy (non-hydrogen) atoms. The molecule has 5 nitrogen and oxygen atoms in total. The number of esters is 1. The topological polar surface area (TPSA) is 60.7 Å². The number of aromatic nitrogens is 1. The second-order valence-corrected chi connectivity index (χ2v) is 8.43. The van der Waals surface area contributed by atoms with E-state index in [4.69, 9.17) is 16.3 Å². The Morgan fingerprint density at radius 3 is 2.53 bits per heavy atom. The first kappa shape index (κ1) is 20.3. The van der Waals surface area contributed by atoms with Crippen LogP contribution in [-0.4, -0.2) is 17.6 Å². The number of fused-ring (bicyclic) bond motifs is 1. The fourth-order valence-electron chi connectivity index (χ4n) is 3.59. The Morgan fingerprint density at radius 2 is 1.87 bits per heavy atom. The monoisotopic (exact) mass is 438 g/mol. The Bertz CT molecular complexity index is 1350. The molecule has 0 amide bonds. The van der Waals surface area contributed by atoms with Gasteiger partial charge in [0.2, 0.25) is 0 Å². The maximum Gasteiger partial charge on any atom is 0.338 e. The van der Waals surface area contributed by atoms with Gasteiger partial charge in [-0.2, -0.15) is 0 Å². The third-order valence-electron chi connectivity index (χ3n) is 5.08. The third-order valence-corrected chi connectivity index (χ3v) is 6.31. The normalized spacial score (nSPS) is 16.3. The molecule has 3 aromatic rings. The lowest BCUT2D eigenvalue weighted by atomic mass is 9.93. The van der Waals surface area contributed by atoms with Crippen LogP contribution in [0.15, 0.2) is 69.6 Å². The fraction of sp³-hybridized carbons (Fsp3) is 0.174. The van der Waals surface area contributed by atoms with Gasteiger partial charge in [-0.05, 0) is 48.7 Å². The largest absolute Gasteiger partial charge is 0.466 e. The lowest BCUT2D eigenvalue weighted by Gasteiger charge is -2.25. The SMILES string of the molecule is COC(=O)C1=C(C)N=c2s/c(=C\c3ccc(Cl)cc3)c(=O)n2C1c1ccccc1C. The molecule has 4 rings (SSSR count). The molecule has 1 aromatic heterocycles. The Morgan fingerprint density at radius 1 is 1.17 bits per heavy atom. The second kappa shape index (κ2) is 8.05. The van der Waals surface area contributed by atoms with Gasteiger partial charge in [-0.1, -0.05) is 59.3 Å². The summed E-state index contributed by atoms with van der Waals surface area (Å²) in [6.07, 6.45) is 1.81. The molecule has 1 atom stereocenters. The van der Waals surface area contributed by atoms with Crippen molar-refractivity contribution in [2.45, 2.75) is 19.9 Å². The van der Waals surface area contributed by atoms with Crippen LogP contribution >= 0.6 is 22.9 Å². The van der Waals surface area contributed by atoms with E-state index in [1.807, 2.05) is 49.4 Å². The number of allylic oxidation sites excluding steroid dienone is 1. The Hall–Kier alpha value is -2.96. The molecule has 0 radical (unpaired) electrons. The molecule has 0 saturated heterocycles. The third kappa shape index (κ3) is 3.53. The Balaban J connectivity index is 2.00. The molecule has 152 valence electrons. The standard InChI is InChI=1S/C23H19ClN2O3S/c1-13-6-4-5-7-17(13)20-19(22(28)29-3)14(2)25-23-26(20)21(27)18(30-23)12-15-8-10-16(24)11-9-15/h4-12,20H,1-3H3/b18-12-. The summed E-state index contributed by atoms with van der Waals surface area (Å²) < 4.78 is 7.16. The van der Waals surface area contributed by atoms with Crippen LogP contribution < -0.4 is 14.9 Å². The van der Waals surface area contributed by atoms with Crippen molar-refractivity contribution < 1.29 is 9.53 Å². The van der Waals surface area contributed by atoms with Gasteiger partial charge in [-0.15, -0.1) is 0 Å². The average Bonchev–Trinajstić information content (AvgIpc) is 3.03. The molecular weight excluding hydrogens is 420 g/mol. The zero-order valence-electron chi connectivity index (χ0n) is 16.7. The van der Waals surface area contributed by atoms with E-state index in [1.54, 1.807) is 23.6 Å². The molecule has 0 aliphatic carbocycles. The highest BCUT2D eigenvalue weighted by Gasteiger charge is 2.33. The van der Waals surface area contributed by atoms with Crippen molar-refractivity contribution in [2.75, 3.05) is 7.11 Å². The van der Waals surface area contributed by atoms with E-state index in [0.29, 0.717) is 25.6 Å². The quantitative estimate of drug-likeness (QED) is 0.589. The molecule has 7 heteroatoms. The molecule has 0 N–H and O–H groups in total. The number of thiazole rings is 1. The average molecular weight is 439 g/mol. The van der Waals surface area contributed by atoms with Crippen LogP contribution in [0.5, 0.6) is 0 Å². The summed E-state index contributed by atoms with van der Waals surface area (Å²) in [6, 6.07) is 14.4. The zero-order chi connectivity index (χ0) is 21.4. The molecule has 1 aliphatic heterocycles. The van der Waals surface area contributed by atoms with Crippen LogP contribution in [0.25, 0.3) is 6.08 Å². The Labute approximate surface area is 182 Å². The van der Waals surface area contributed by atoms with Crippen molar-refractivity contribution in [2.24, 2.45) is 4.99 Å². The number of carbonyl (C=O) groups is 1. The van der Waals surface area contributed by atoms with Gasteiger partial charge in [0.05, 0.1) is 29.0 Å². The highest BCUT2D eigenvalue weighted by atomic mass is 35.5. The molecule has 1 aliphatic rings. The van der Waals surface area contributed by atoms with E-state index in [1.165, 1.54) is 18.4 Å². The van der Waals surface area contributed by atoms with Gasteiger partial charge in [0, 0.05) is 5.02 Å². The number of halogens is 1. The summed E-state index contributed by atoms with van der Waals surface area (Å²) in [6.45, 7) is 3.73. The lowest BCUT2D eigenvalue weighted by molar-refractivity contribution is -0.136. The van der Waals surface area contributed by atoms with Gasteiger partial charge in [-0.25, -0.2) is 9.79 Å². The molecular formula is C23H19ClN2O3S. The Kier molecular flexibility index (Phi) is 5.45. The smallest absolute Gasteiger partial charge is 0.338 e. The summed E-state index contributed by atoms with van der Waals surface area (Å²) >= 11 is 7.26. The minimum absolute atomic E-state index is 0.198. The van der Waals surface area contributed by atoms with Crippen LogP contribution in [0, 0.1) is 6.92 Å². The fourth-order valence-corrected chi connectivity index (χ4v) is 4.76. The second-order valence-electron chi connectivity index (χ2n) is 6.98. The number of carbonyl (C=O) groups excluding carboxylic acids is 1. The predicted molar refractivity (Wildman–Crippen MR) is 118 cm³/mol. The summed E-state index contributed by atoms with van der Waals surface area (Å²) in [5.41, 5.74) is 3.43. The van der Waals surface area contributed by atoms with Gasteiger partial charge in [0.1, 0.15) is 0 Å². The van der Waals surface area contributed by atoms with Gasteiger partial charge < -0.3 is 4.74 Å². The van der Waals surface area contributed by atoms with Crippen molar-refractivity contribution in [3.63, 3.8) is 0 Å². The zero-order valence-corrected chi connectivity index (χ0v) is 18.3.